The van der Waals surface area contributed by atoms with Gasteiger partial charge in [-0.1, -0.05) is 11.6 Å². The van der Waals surface area contributed by atoms with Crippen molar-refractivity contribution in [3.05, 3.63) is 38.9 Å². The Bertz CT molecular complexity index is 537. The Kier molecular flexibility index (Phi) is 4.28. The van der Waals surface area contributed by atoms with Crippen LogP contribution in [0.1, 0.15) is 43.5 Å². The average Bonchev–Trinajstić information content (AvgIpc) is 2.37. The van der Waals surface area contributed by atoms with E-state index in [4.69, 9.17) is 11.6 Å². The zero-order chi connectivity index (χ0) is 14.9. The molecular weight excluding hydrogens is 280 g/mol. The van der Waals surface area contributed by atoms with Gasteiger partial charge in [0.1, 0.15) is 5.56 Å². The van der Waals surface area contributed by atoms with Gasteiger partial charge in [-0.2, -0.15) is 0 Å². The van der Waals surface area contributed by atoms with Crippen LogP contribution in [0, 0.1) is 10.1 Å². The van der Waals surface area contributed by atoms with E-state index in [1.165, 1.54) is 18.2 Å². The first-order valence-electron chi connectivity index (χ1n) is 6.68. The Hall–Kier alpha value is -1.62. The number of halogens is 1. The lowest BCUT2D eigenvalue weighted by atomic mass is 9.96. The molecule has 1 fully saturated rings. The van der Waals surface area contributed by atoms with Crippen molar-refractivity contribution in [2.24, 2.45) is 0 Å². The minimum Gasteiger partial charge on any atom is -0.333 e. The Balaban J connectivity index is 2.42. The summed E-state index contributed by atoms with van der Waals surface area (Å²) < 4.78 is 0. The molecule has 0 radical (unpaired) electrons. The zero-order valence-corrected chi connectivity index (χ0v) is 12.3. The van der Waals surface area contributed by atoms with E-state index >= 15 is 0 Å². The van der Waals surface area contributed by atoms with Crippen molar-refractivity contribution in [1.29, 1.82) is 0 Å². The average molecular weight is 297 g/mol. The normalized spacial score (nSPS) is 22.6. The summed E-state index contributed by atoms with van der Waals surface area (Å²) in [5, 5.41) is 11.4. The Morgan fingerprint density at radius 1 is 1.35 bits per heavy atom. The van der Waals surface area contributed by atoms with Crippen LogP contribution < -0.4 is 0 Å². The summed E-state index contributed by atoms with van der Waals surface area (Å²) in [5.41, 5.74) is -0.118. The van der Waals surface area contributed by atoms with Gasteiger partial charge in [0.15, 0.2) is 0 Å². The number of piperidine rings is 1. The highest BCUT2D eigenvalue weighted by atomic mass is 35.5. The fraction of sp³-hybridized carbons (Fsp3) is 0.500. The third kappa shape index (κ3) is 2.77. The molecule has 0 saturated carbocycles. The predicted molar refractivity (Wildman–Crippen MR) is 77.1 cm³/mol. The van der Waals surface area contributed by atoms with E-state index in [1.807, 2.05) is 13.8 Å². The number of hydrogen-bond acceptors (Lipinski definition) is 3. The Morgan fingerprint density at radius 2 is 1.95 bits per heavy atom. The number of nitro groups is 1. The van der Waals surface area contributed by atoms with Crippen molar-refractivity contribution in [2.45, 2.75) is 45.2 Å². The van der Waals surface area contributed by atoms with Gasteiger partial charge in [-0.15, -0.1) is 0 Å². The summed E-state index contributed by atoms with van der Waals surface area (Å²) in [5.74, 6) is -0.307. The molecule has 1 amide bonds. The van der Waals surface area contributed by atoms with Crippen LogP contribution in [0.2, 0.25) is 5.02 Å². The number of amides is 1. The van der Waals surface area contributed by atoms with Crippen LogP contribution in [-0.4, -0.2) is 27.8 Å². The second kappa shape index (κ2) is 5.79. The molecule has 1 aromatic carbocycles. The van der Waals surface area contributed by atoms with E-state index in [-0.39, 0.29) is 29.2 Å². The number of carbonyl (C=O) groups is 1. The van der Waals surface area contributed by atoms with E-state index in [0.29, 0.717) is 5.02 Å². The molecule has 108 valence electrons. The summed E-state index contributed by atoms with van der Waals surface area (Å²) in [7, 11) is 0. The van der Waals surface area contributed by atoms with E-state index in [2.05, 4.69) is 0 Å². The molecule has 2 rings (SSSR count). The van der Waals surface area contributed by atoms with Crippen molar-refractivity contribution in [3.63, 3.8) is 0 Å². The molecule has 0 aliphatic carbocycles. The highest BCUT2D eigenvalue weighted by Crippen LogP contribution is 2.29. The van der Waals surface area contributed by atoms with Crippen LogP contribution in [-0.2, 0) is 0 Å². The van der Waals surface area contributed by atoms with Crippen LogP contribution in [0.4, 0.5) is 5.69 Å². The van der Waals surface area contributed by atoms with Crippen molar-refractivity contribution in [2.75, 3.05) is 0 Å². The zero-order valence-electron chi connectivity index (χ0n) is 11.5. The molecule has 1 aliphatic heterocycles. The number of nitrogens with zero attached hydrogens (tertiary/aromatic N) is 2. The van der Waals surface area contributed by atoms with Crippen molar-refractivity contribution in [3.8, 4) is 0 Å². The van der Waals surface area contributed by atoms with E-state index in [1.54, 1.807) is 4.90 Å². The second-order valence-corrected chi connectivity index (χ2v) is 5.70. The molecular formula is C14H17ClN2O3. The van der Waals surface area contributed by atoms with Crippen LogP contribution >= 0.6 is 11.6 Å². The molecule has 1 heterocycles. The first kappa shape index (κ1) is 14.8. The van der Waals surface area contributed by atoms with Crippen LogP contribution in [0.15, 0.2) is 18.2 Å². The first-order valence-corrected chi connectivity index (χ1v) is 7.06. The summed E-state index contributed by atoms with van der Waals surface area (Å²) in [6, 6.07) is 4.28. The number of carbonyl (C=O) groups excluding carboxylic acids is 1. The number of rotatable bonds is 2. The maximum absolute atomic E-state index is 12.7. The van der Waals surface area contributed by atoms with E-state index in [9.17, 15) is 14.9 Å². The SMILES string of the molecule is CC1CCCC(C)N1C(=O)c1cc(Cl)ccc1[N+](=O)[O-]. The Labute approximate surface area is 122 Å². The minimum atomic E-state index is -0.539. The van der Waals surface area contributed by atoms with Crippen LogP contribution in [0.3, 0.4) is 0 Å². The van der Waals surface area contributed by atoms with Gasteiger partial charge >= 0.3 is 0 Å². The molecule has 20 heavy (non-hydrogen) atoms. The van der Waals surface area contributed by atoms with Gasteiger partial charge in [-0.25, -0.2) is 0 Å². The lowest BCUT2D eigenvalue weighted by Crippen LogP contribution is -2.47. The smallest absolute Gasteiger partial charge is 0.282 e. The molecule has 1 aromatic rings. The van der Waals surface area contributed by atoms with E-state index < -0.39 is 4.92 Å². The van der Waals surface area contributed by atoms with Crippen molar-refractivity contribution >= 4 is 23.2 Å². The third-order valence-corrected chi connectivity index (χ3v) is 4.05. The van der Waals surface area contributed by atoms with E-state index in [0.717, 1.165) is 19.3 Å². The quantitative estimate of drug-likeness (QED) is 0.618. The third-order valence-electron chi connectivity index (χ3n) is 3.81. The molecule has 2 unspecified atom stereocenters. The number of benzene rings is 1. The van der Waals surface area contributed by atoms with Crippen molar-refractivity contribution in [1.82, 2.24) is 4.90 Å². The summed E-state index contributed by atoms with van der Waals surface area (Å²) in [6.07, 6.45) is 2.92. The van der Waals surface area contributed by atoms with Gasteiger partial charge in [0.05, 0.1) is 4.92 Å². The molecule has 0 bridgehead atoms. The lowest BCUT2D eigenvalue weighted by Gasteiger charge is -2.39. The second-order valence-electron chi connectivity index (χ2n) is 5.26. The van der Waals surface area contributed by atoms with Gasteiger partial charge in [-0.3, -0.25) is 14.9 Å². The standard InChI is InChI=1S/C14H17ClN2O3/c1-9-4-3-5-10(2)16(9)14(18)12-8-11(15)6-7-13(12)17(19)20/h6-10H,3-5H2,1-2H3. The molecule has 6 heteroatoms. The molecule has 0 spiro atoms. The minimum absolute atomic E-state index is 0.0723. The molecule has 0 aromatic heterocycles. The summed E-state index contributed by atoms with van der Waals surface area (Å²) >= 11 is 5.88. The topological polar surface area (TPSA) is 63.5 Å². The lowest BCUT2D eigenvalue weighted by molar-refractivity contribution is -0.385. The summed E-state index contributed by atoms with van der Waals surface area (Å²) in [6.45, 7) is 3.95. The predicted octanol–water partition coefficient (Wildman–Crippen LogP) is 3.65. The monoisotopic (exact) mass is 296 g/mol. The summed E-state index contributed by atoms with van der Waals surface area (Å²) in [4.78, 5) is 24.9. The molecule has 5 nitrogen and oxygen atoms in total. The number of hydrogen-bond donors (Lipinski definition) is 0. The van der Waals surface area contributed by atoms with Gasteiger partial charge < -0.3 is 4.90 Å². The molecule has 1 saturated heterocycles. The van der Waals surface area contributed by atoms with Gasteiger partial charge in [-0.05, 0) is 45.2 Å². The molecule has 1 aliphatic rings. The highest BCUT2D eigenvalue weighted by molar-refractivity contribution is 6.31. The maximum atomic E-state index is 12.7. The van der Waals surface area contributed by atoms with Crippen LogP contribution in [0.25, 0.3) is 0 Å². The van der Waals surface area contributed by atoms with Crippen molar-refractivity contribution < 1.29 is 9.72 Å². The van der Waals surface area contributed by atoms with Gasteiger partial charge in [0.25, 0.3) is 11.6 Å². The highest BCUT2D eigenvalue weighted by Gasteiger charge is 2.33. The molecule has 0 N–H and O–H groups in total. The molecule has 2 atom stereocenters. The van der Waals surface area contributed by atoms with Gasteiger partial charge in [0.2, 0.25) is 0 Å². The first-order chi connectivity index (χ1) is 9.41. The van der Waals surface area contributed by atoms with Gasteiger partial charge in [0, 0.05) is 23.2 Å². The number of likely N-dealkylation sites (tertiary alicyclic amines) is 1. The largest absolute Gasteiger partial charge is 0.333 e. The maximum Gasteiger partial charge on any atom is 0.282 e. The fourth-order valence-corrected chi connectivity index (χ4v) is 2.97. The number of nitro benzene ring substituents is 1. The Morgan fingerprint density at radius 3 is 2.50 bits per heavy atom. The van der Waals surface area contributed by atoms with Crippen LogP contribution in [0.5, 0.6) is 0 Å². The fourth-order valence-electron chi connectivity index (χ4n) is 2.80.